The first-order chi connectivity index (χ1) is 13.2. The molecule has 0 fully saturated rings. The maximum absolute atomic E-state index is 12.3. The summed E-state index contributed by atoms with van der Waals surface area (Å²) in [7, 11) is 0. The number of nitrogens with zero attached hydrogens (tertiary/aromatic N) is 3. The molecule has 1 amide bonds. The molecule has 1 aliphatic heterocycles. The van der Waals surface area contributed by atoms with Crippen LogP contribution in [0.2, 0.25) is 0 Å². The molecule has 0 saturated heterocycles. The van der Waals surface area contributed by atoms with E-state index in [9.17, 15) is 4.79 Å². The normalized spacial score (nSPS) is 12.1. The van der Waals surface area contributed by atoms with Crippen molar-refractivity contribution in [3.63, 3.8) is 0 Å². The Labute approximate surface area is 159 Å². The fourth-order valence-electron chi connectivity index (χ4n) is 2.58. The standard InChI is InChI=1S/C18H16N4O4S/c1-2-7-22-17(14-4-3-8-24-14)20-21-18(22)27-10-16(23)19-12-5-6-13-15(9-12)26-11-25-13/h2-6,8-9H,1,7,10-11H2,(H,19,23). The molecule has 9 heteroatoms. The molecule has 1 aliphatic rings. The Hall–Kier alpha value is -3.20. The predicted molar refractivity (Wildman–Crippen MR) is 99.8 cm³/mol. The third kappa shape index (κ3) is 3.68. The van der Waals surface area contributed by atoms with Gasteiger partial charge in [-0.15, -0.1) is 16.8 Å². The van der Waals surface area contributed by atoms with Crippen molar-refractivity contribution in [2.75, 3.05) is 17.9 Å². The quantitative estimate of drug-likeness (QED) is 0.494. The minimum atomic E-state index is -0.161. The summed E-state index contributed by atoms with van der Waals surface area (Å²) < 4.78 is 17.8. The van der Waals surface area contributed by atoms with E-state index >= 15 is 0 Å². The first kappa shape index (κ1) is 17.2. The molecule has 27 heavy (non-hydrogen) atoms. The van der Waals surface area contributed by atoms with Crippen LogP contribution in [0.25, 0.3) is 11.6 Å². The summed E-state index contributed by atoms with van der Waals surface area (Å²) in [4.78, 5) is 12.3. The van der Waals surface area contributed by atoms with Crippen LogP contribution in [0.1, 0.15) is 0 Å². The minimum absolute atomic E-state index is 0.161. The van der Waals surface area contributed by atoms with Gasteiger partial charge in [0.1, 0.15) is 0 Å². The number of carbonyl (C=O) groups excluding carboxylic acids is 1. The lowest BCUT2D eigenvalue weighted by atomic mass is 10.3. The van der Waals surface area contributed by atoms with Crippen molar-refractivity contribution in [1.82, 2.24) is 14.8 Å². The summed E-state index contributed by atoms with van der Waals surface area (Å²) in [5, 5.41) is 11.8. The van der Waals surface area contributed by atoms with E-state index in [1.165, 1.54) is 11.8 Å². The van der Waals surface area contributed by atoms with Crippen LogP contribution in [0, 0.1) is 0 Å². The third-order valence-corrected chi connectivity index (χ3v) is 4.73. The third-order valence-electron chi connectivity index (χ3n) is 3.76. The second kappa shape index (κ2) is 7.58. The maximum atomic E-state index is 12.3. The molecule has 8 nitrogen and oxygen atoms in total. The lowest BCUT2D eigenvalue weighted by molar-refractivity contribution is -0.113. The van der Waals surface area contributed by atoms with Gasteiger partial charge >= 0.3 is 0 Å². The van der Waals surface area contributed by atoms with E-state index in [0.717, 1.165) is 0 Å². The molecule has 138 valence electrons. The smallest absolute Gasteiger partial charge is 0.234 e. The zero-order valence-electron chi connectivity index (χ0n) is 14.3. The largest absolute Gasteiger partial charge is 0.461 e. The van der Waals surface area contributed by atoms with Crippen molar-refractivity contribution in [2.45, 2.75) is 11.7 Å². The summed E-state index contributed by atoms with van der Waals surface area (Å²) >= 11 is 1.29. The van der Waals surface area contributed by atoms with Crippen LogP contribution < -0.4 is 14.8 Å². The van der Waals surface area contributed by atoms with Crippen LogP contribution in [-0.4, -0.2) is 33.2 Å². The van der Waals surface area contributed by atoms with Crippen LogP contribution in [0.4, 0.5) is 5.69 Å². The molecule has 1 aromatic carbocycles. The van der Waals surface area contributed by atoms with Gasteiger partial charge in [-0.05, 0) is 24.3 Å². The highest BCUT2D eigenvalue weighted by atomic mass is 32.2. The van der Waals surface area contributed by atoms with Crippen LogP contribution in [0.5, 0.6) is 11.5 Å². The molecule has 3 aromatic rings. The zero-order valence-corrected chi connectivity index (χ0v) is 15.1. The molecular weight excluding hydrogens is 368 g/mol. The summed E-state index contributed by atoms with van der Waals surface area (Å²) in [6, 6.07) is 8.87. The average molecular weight is 384 g/mol. The SMILES string of the molecule is C=CCn1c(SCC(=O)Nc2ccc3c(c2)OCO3)nnc1-c1ccco1. The van der Waals surface area contributed by atoms with E-state index in [-0.39, 0.29) is 18.5 Å². The van der Waals surface area contributed by atoms with E-state index in [1.807, 2.05) is 10.6 Å². The lowest BCUT2D eigenvalue weighted by Crippen LogP contribution is -2.14. The van der Waals surface area contributed by atoms with Gasteiger partial charge in [0, 0.05) is 18.3 Å². The van der Waals surface area contributed by atoms with Crippen molar-refractivity contribution in [2.24, 2.45) is 0 Å². The second-order valence-corrected chi connectivity index (χ2v) is 6.53. The van der Waals surface area contributed by atoms with Crippen LogP contribution in [0.15, 0.2) is 58.8 Å². The van der Waals surface area contributed by atoms with Crippen molar-refractivity contribution < 1.29 is 18.7 Å². The number of hydrogen-bond donors (Lipinski definition) is 1. The van der Waals surface area contributed by atoms with Crippen LogP contribution >= 0.6 is 11.8 Å². The van der Waals surface area contributed by atoms with E-state index in [1.54, 1.807) is 36.6 Å². The van der Waals surface area contributed by atoms with Gasteiger partial charge in [-0.1, -0.05) is 17.8 Å². The number of benzene rings is 1. The predicted octanol–water partition coefficient (Wildman–Crippen LogP) is 3.18. The number of fused-ring (bicyclic) bond motifs is 1. The molecule has 0 saturated carbocycles. The van der Waals surface area contributed by atoms with E-state index in [0.29, 0.717) is 40.5 Å². The number of rotatable bonds is 7. The Bertz CT molecular complexity index is 968. The Kier molecular flexibility index (Phi) is 4.84. The van der Waals surface area contributed by atoms with Gasteiger partial charge in [0.05, 0.1) is 12.0 Å². The first-order valence-corrected chi connectivity index (χ1v) is 9.13. The van der Waals surface area contributed by atoms with E-state index < -0.39 is 0 Å². The molecule has 0 aliphatic carbocycles. The fraction of sp³-hybridized carbons (Fsp3) is 0.167. The number of carbonyl (C=O) groups is 1. The Balaban J connectivity index is 1.42. The number of hydrogen-bond acceptors (Lipinski definition) is 7. The molecule has 0 unspecified atom stereocenters. The van der Waals surface area contributed by atoms with Crippen LogP contribution in [0.3, 0.4) is 0 Å². The number of aromatic nitrogens is 3. The molecule has 0 bridgehead atoms. The van der Waals surface area contributed by atoms with Gasteiger partial charge in [-0.25, -0.2) is 0 Å². The Morgan fingerprint density at radius 1 is 1.30 bits per heavy atom. The maximum Gasteiger partial charge on any atom is 0.234 e. The summed E-state index contributed by atoms with van der Waals surface area (Å²) in [5.41, 5.74) is 0.647. The highest BCUT2D eigenvalue weighted by molar-refractivity contribution is 7.99. The van der Waals surface area contributed by atoms with Crippen molar-refractivity contribution >= 4 is 23.4 Å². The molecule has 3 heterocycles. The van der Waals surface area contributed by atoms with Gasteiger partial charge in [-0.2, -0.15) is 0 Å². The number of thioether (sulfide) groups is 1. The number of amides is 1. The molecule has 2 aromatic heterocycles. The van der Waals surface area contributed by atoms with Crippen molar-refractivity contribution in [1.29, 1.82) is 0 Å². The molecule has 0 radical (unpaired) electrons. The monoisotopic (exact) mass is 384 g/mol. The minimum Gasteiger partial charge on any atom is -0.461 e. The van der Waals surface area contributed by atoms with E-state index in [4.69, 9.17) is 13.9 Å². The molecule has 0 spiro atoms. The Morgan fingerprint density at radius 3 is 3.00 bits per heavy atom. The molecular formula is C18H16N4O4S. The highest BCUT2D eigenvalue weighted by Gasteiger charge is 2.17. The molecule has 0 atom stereocenters. The summed E-state index contributed by atoms with van der Waals surface area (Å²) in [6.07, 6.45) is 3.32. The topological polar surface area (TPSA) is 91.4 Å². The van der Waals surface area contributed by atoms with Crippen molar-refractivity contribution in [3.05, 3.63) is 49.2 Å². The highest BCUT2D eigenvalue weighted by Crippen LogP contribution is 2.34. The zero-order chi connectivity index (χ0) is 18.6. The van der Waals surface area contributed by atoms with E-state index in [2.05, 4.69) is 22.1 Å². The lowest BCUT2D eigenvalue weighted by Gasteiger charge is -2.07. The second-order valence-electron chi connectivity index (χ2n) is 5.59. The average Bonchev–Trinajstić information content (AvgIpc) is 3.40. The number of anilines is 1. The summed E-state index contributed by atoms with van der Waals surface area (Å²) in [5.74, 6) is 2.52. The molecule has 1 N–H and O–H groups in total. The first-order valence-electron chi connectivity index (χ1n) is 8.15. The fourth-order valence-corrected chi connectivity index (χ4v) is 3.33. The number of nitrogens with one attached hydrogen (secondary N) is 1. The van der Waals surface area contributed by atoms with Gasteiger partial charge in [0.2, 0.25) is 18.5 Å². The Morgan fingerprint density at radius 2 is 2.19 bits per heavy atom. The van der Waals surface area contributed by atoms with Crippen molar-refractivity contribution in [3.8, 4) is 23.1 Å². The molecule has 4 rings (SSSR count). The van der Waals surface area contributed by atoms with Gasteiger partial charge in [0.15, 0.2) is 22.4 Å². The number of furan rings is 1. The number of ether oxygens (including phenoxy) is 2. The number of allylic oxidation sites excluding steroid dienone is 1. The van der Waals surface area contributed by atoms with Gasteiger partial charge < -0.3 is 19.2 Å². The van der Waals surface area contributed by atoms with Gasteiger partial charge in [0.25, 0.3) is 0 Å². The van der Waals surface area contributed by atoms with Gasteiger partial charge in [-0.3, -0.25) is 9.36 Å². The van der Waals surface area contributed by atoms with Crippen LogP contribution in [-0.2, 0) is 11.3 Å². The summed E-state index contributed by atoms with van der Waals surface area (Å²) in [6.45, 7) is 4.46.